The predicted molar refractivity (Wildman–Crippen MR) is 98.4 cm³/mol. The zero-order valence-electron chi connectivity index (χ0n) is 14.2. The lowest BCUT2D eigenvalue weighted by Crippen LogP contribution is -2.41. The van der Waals surface area contributed by atoms with Crippen LogP contribution in [0.2, 0.25) is 5.02 Å². The molecule has 2 rings (SSSR count). The number of carbonyl (C=O) groups excluding carboxylic acids is 2. The number of hydrogen-bond acceptors (Lipinski definition) is 3. The summed E-state index contributed by atoms with van der Waals surface area (Å²) in [5.74, 6) is -0.924. The normalized spacial score (nSPS) is 10.7. The van der Waals surface area contributed by atoms with E-state index in [1.54, 1.807) is 42.5 Å². The molecule has 0 heterocycles. The van der Waals surface area contributed by atoms with Crippen molar-refractivity contribution < 1.29 is 9.59 Å². The second-order valence-corrected chi connectivity index (χ2v) is 6.62. The van der Waals surface area contributed by atoms with Gasteiger partial charge >= 0.3 is 0 Å². The molecule has 128 valence electrons. The van der Waals surface area contributed by atoms with Crippen LogP contribution in [-0.2, 0) is 9.59 Å². The molecule has 0 atom stereocenters. The van der Waals surface area contributed by atoms with Crippen LogP contribution >= 0.6 is 11.6 Å². The molecular formula is C19H18ClN3O2. The number of nitrogens with one attached hydrogen (secondary N) is 2. The van der Waals surface area contributed by atoms with E-state index in [1.807, 2.05) is 13.0 Å². The number of amides is 2. The first-order valence-corrected chi connectivity index (χ1v) is 8.01. The van der Waals surface area contributed by atoms with Crippen LogP contribution in [0.1, 0.15) is 25.0 Å². The molecule has 2 aromatic carbocycles. The molecule has 0 aromatic heterocycles. The SMILES string of the molecule is Cc1ccc(Cl)cc1NC(=O)C(C)(C)C(=O)Nc1cccc(C#N)c1. The standard InChI is InChI=1S/C19H18ClN3O2/c1-12-7-8-14(20)10-16(12)23-18(25)19(2,3)17(24)22-15-6-4-5-13(9-15)11-21/h4-10H,1-3H3,(H,22,24)(H,23,25). The van der Waals surface area contributed by atoms with Gasteiger partial charge in [0.1, 0.15) is 5.41 Å². The maximum Gasteiger partial charge on any atom is 0.239 e. The molecule has 0 spiro atoms. The van der Waals surface area contributed by atoms with Crippen molar-refractivity contribution in [3.8, 4) is 6.07 Å². The third kappa shape index (κ3) is 4.37. The Morgan fingerprint density at radius 2 is 1.76 bits per heavy atom. The van der Waals surface area contributed by atoms with E-state index in [-0.39, 0.29) is 0 Å². The number of carbonyl (C=O) groups is 2. The van der Waals surface area contributed by atoms with Crippen LogP contribution < -0.4 is 10.6 Å². The molecule has 2 amide bonds. The Morgan fingerprint density at radius 3 is 2.44 bits per heavy atom. The lowest BCUT2D eigenvalue weighted by atomic mass is 9.90. The van der Waals surface area contributed by atoms with Gasteiger partial charge in [0.05, 0.1) is 11.6 Å². The molecule has 0 fully saturated rings. The van der Waals surface area contributed by atoms with Gasteiger partial charge in [-0.3, -0.25) is 9.59 Å². The second-order valence-electron chi connectivity index (χ2n) is 6.19. The Morgan fingerprint density at radius 1 is 1.08 bits per heavy atom. The number of nitrogens with zero attached hydrogens (tertiary/aromatic N) is 1. The smallest absolute Gasteiger partial charge is 0.239 e. The van der Waals surface area contributed by atoms with E-state index in [2.05, 4.69) is 10.6 Å². The molecule has 0 saturated heterocycles. The average molecular weight is 356 g/mol. The van der Waals surface area contributed by atoms with Gasteiger partial charge in [-0.25, -0.2) is 0 Å². The zero-order chi connectivity index (χ0) is 18.6. The van der Waals surface area contributed by atoms with Crippen molar-refractivity contribution in [1.29, 1.82) is 5.26 Å². The quantitative estimate of drug-likeness (QED) is 0.809. The summed E-state index contributed by atoms with van der Waals surface area (Å²) >= 11 is 5.96. The minimum Gasteiger partial charge on any atom is -0.325 e. The number of benzene rings is 2. The molecule has 0 aliphatic carbocycles. The van der Waals surface area contributed by atoms with Gasteiger partial charge < -0.3 is 10.6 Å². The van der Waals surface area contributed by atoms with Crippen molar-refractivity contribution in [2.24, 2.45) is 5.41 Å². The van der Waals surface area contributed by atoms with E-state index in [4.69, 9.17) is 16.9 Å². The monoisotopic (exact) mass is 355 g/mol. The molecular weight excluding hydrogens is 338 g/mol. The van der Waals surface area contributed by atoms with Gasteiger partial charge in [0.2, 0.25) is 11.8 Å². The van der Waals surface area contributed by atoms with Crippen molar-refractivity contribution >= 4 is 34.8 Å². The fraction of sp³-hybridized carbons (Fsp3) is 0.211. The summed E-state index contributed by atoms with van der Waals surface area (Å²) in [6, 6.07) is 13.7. The van der Waals surface area contributed by atoms with Gasteiger partial charge in [-0.05, 0) is 56.7 Å². The number of aryl methyl sites for hydroxylation is 1. The molecule has 5 nitrogen and oxygen atoms in total. The van der Waals surface area contributed by atoms with Crippen LogP contribution in [0.15, 0.2) is 42.5 Å². The third-order valence-corrected chi connectivity index (χ3v) is 4.07. The fourth-order valence-electron chi connectivity index (χ4n) is 2.06. The summed E-state index contributed by atoms with van der Waals surface area (Å²) in [6.45, 7) is 4.91. The lowest BCUT2D eigenvalue weighted by molar-refractivity contribution is -0.135. The molecule has 6 heteroatoms. The summed E-state index contributed by atoms with van der Waals surface area (Å²) in [6.07, 6.45) is 0. The predicted octanol–water partition coefficient (Wildman–Crippen LogP) is 4.12. The molecule has 0 aliphatic heterocycles. The first-order valence-electron chi connectivity index (χ1n) is 7.63. The second kappa shape index (κ2) is 7.37. The number of hydrogen-bond donors (Lipinski definition) is 2. The molecule has 2 N–H and O–H groups in total. The fourth-order valence-corrected chi connectivity index (χ4v) is 2.24. The van der Waals surface area contributed by atoms with Crippen LogP contribution in [0.4, 0.5) is 11.4 Å². The topological polar surface area (TPSA) is 82.0 Å². The highest BCUT2D eigenvalue weighted by Gasteiger charge is 2.36. The molecule has 0 bridgehead atoms. The Labute approximate surface area is 151 Å². The molecule has 2 aromatic rings. The molecule has 0 saturated carbocycles. The van der Waals surface area contributed by atoms with Crippen molar-refractivity contribution in [2.75, 3.05) is 10.6 Å². The van der Waals surface area contributed by atoms with Crippen LogP contribution in [0, 0.1) is 23.7 Å². The Kier molecular flexibility index (Phi) is 5.45. The third-order valence-electron chi connectivity index (χ3n) is 3.83. The summed E-state index contributed by atoms with van der Waals surface area (Å²) in [5.41, 5.74) is 0.969. The van der Waals surface area contributed by atoms with Gasteiger partial charge in [0.25, 0.3) is 0 Å². The zero-order valence-corrected chi connectivity index (χ0v) is 14.9. The summed E-state index contributed by atoms with van der Waals surface area (Å²) in [5, 5.41) is 14.8. The number of halogens is 1. The van der Waals surface area contributed by atoms with Gasteiger partial charge in [-0.15, -0.1) is 0 Å². The Balaban J connectivity index is 2.15. The maximum absolute atomic E-state index is 12.6. The van der Waals surface area contributed by atoms with Gasteiger partial charge in [-0.1, -0.05) is 23.7 Å². The average Bonchev–Trinajstić information content (AvgIpc) is 2.58. The highest BCUT2D eigenvalue weighted by Crippen LogP contribution is 2.25. The van der Waals surface area contributed by atoms with Gasteiger partial charge in [-0.2, -0.15) is 5.26 Å². The van der Waals surface area contributed by atoms with Crippen molar-refractivity contribution in [1.82, 2.24) is 0 Å². The van der Waals surface area contributed by atoms with Crippen LogP contribution in [0.25, 0.3) is 0 Å². The van der Waals surface area contributed by atoms with Crippen molar-refractivity contribution in [3.05, 3.63) is 58.6 Å². The Hall–Kier alpha value is -2.84. The molecule has 25 heavy (non-hydrogen) atoms. The summed E-state index contributed by atoms with van der Waals surface area (Å²) in [4.78, 5) is 25.1. The number of rotatable bonds is 4. The van der Waals surface area contributed by atoms with E-state index in [0.717, 1.165) is 5.56 Å². The number of nitriles is 1. The van der Waals surface area contributed by atoms with Crippen LogP contribution in [0.5, 0.6) is 0 Å². The number of anilines is 2. The van der Waals surface area contributed by atoms with Crippen LogP contribution in [-0.4, -0.2) is 11.8 Å². The summed E-state index contributed by atoms with van der Waals surface area (Å²) < 4.78 is 0. The Bertz CT molecular complexity index is 869. The van der Waals surface area contributed by atoms with E-state index < -0.39 is 17.2 Å². The molecule has 0 aliphatic rings. The van der Waals surface area contributed by atoms with Gasteiger partial charge in [0.15, 0.2) is 0 Å². The van der Waals surface area contributed by atoms with Crippen LogP contribution in [0.3, 0.4) is 0 Å². The highest BCUT2D eigenvalue weighted by molar-refractivity contribution is 6.31. The van der Waals surface area contributed by atoms with Crippen molar-refractivity contribution in [2.45, 2.75) is 20.8 Å². The van der Waals surface area contributed by atoms with E-state index in [1.165, 1.54) is 13.8 Å². The van der Waals surface area contributed by atoms with E-state index in [9.17, 15) is 9.59 Å². The maximum atomic E-state index is 12.6. The highest BCUT2D eigenvalue weighted by atomic mass is 35.5. The first kappa shape index (κ1) is 18.5. The van der Waals surface area contributed by atoms with E-state index >= 15 is 0 Å². The molecule has 0 unspecified atom stereocenters. The minimum atomic E-state index is -1.32. The molecule has 0 radical (unpaired) electrons. The lowest BCUT2D eigenvalue weighted by Gasteiger charge is -2.23. The van der Waals surface area contributed by atoms with E-state index in [0.29, 0.717) is 22.0 Å². The van der Waals surface area contributed by atoms with Gasteiger partial charge in [0, 0.05) is 16.4 Å². The summed E-state index contributed by atoms with van der Waals surface area (Å²) in [7, 11) is 0. The van der Waals surface area contributed by atoms with Crippen molar-refractivity contribution in [3.63, 3.8) is 0 Å². The minimum absolute atomic E-state index is 0.426. The largest absolute Gasteiger partial charge is 0.325 e. The first-order chi connectivity index (χ1) is 11.7.